The van der Waals surface area contributed by atoms with Crippen molar-refractivity contribution in [3.8, 4) is 0 Å². The zero-order valence-electron chi connectivity index (χ0n) is 73.3. The minimum absolute atomic E-state index is 0.108. The van der Waals surface area contributed by atoms with Crippen molar-refractivity contribution in [1.29, 1.82) is 0 Å². The molecular formula is C92H180O17P2. The number of ether oxygens (including phenoxy) is 4. The van der Waals surface area contributed by atoms with Crippen LogP contribution in [0.2, 0.25) is 0 Å². The van der Waals surface area contributed by atoms with Gasteiger partial charge in [0.25, 0.3) is 0 Å². The van der Waals surface area contributed by atoms with Crippen LogP contribution in [0.25, 0.3) is 0 Å². The monoisotopic (exact) mass is 1620 g/mol. The van der Waals surface area contributed by atoms with E-state index in [0.717, 1.165) is 102 Å². The van der Waals surface area contributed by atoms with Crippen molar-refractivity contribution in [2.45, 2.75) is 516 Å². The highest BCUT2D eigenvalue weighted by atomic mass is 31.2. The lowest BCUT2D eigenvalue weighted by Gasteiger charge is -2.21. The lowest BCUT2D eigenvalue weighted by Crippen LogP contribution is -2.30. The summed E-state index contributed by atoms with van der Waals surface area (Å²) in [4.78, 5) is 73.5. The molecule has 17 nitrogen and oxygen atoms in total. The van der Waals surface area contributed by atoms with Gasteiger partial charge >= 0.3 is 39.5 Å². The SMILES string of the molecule is CCCCCCCCCCCCCCCCCCCCCCCC(=O)O[C@H](COC(=O)CCCCCCCCCCCCCCCCCCCCCC)COP(=O)(O)OC[C@@H](O)COP(=O)(O)OC[C@@H](COC(=O)CCCCCCCCCCCC(C)C)OC(=O)CCCCCCCCCCCCCCCCCC(C)C. The summed E-state index contributed by atoms with van der Waals surface area (Å²) in [7, 11) is -9.94. The van der Waals surface area contributed by atoms with Crippen LogP contribution in [0.5, 0.6) is 0 Å². The predicted molar refractivity (Wildman–Crippen MR) is 460 cm³/mol. The topological polar surface area (TPSA) is 237 Å². The number of aliphatic hydroxyl groups is 1. The van der Waals surface area contributed by atoms with Crippen molar-refractivity contribution in [2.75, 3.05) is 39.6 Å². The van der Waals surface area contributed by atoms with Crippen LogP contribution in [0.4, 0.5) is 0 Å². The number of hydrogen-bond donors (Lipinski definition) is 3. The Labute approximate surface area is 683 Å². The average Bonchev–Trinajstić information content (AvgIpc) is 0.899. The molecule has 19 heteroatoms. The van der Waals surface area contributed by atoms with Gasteiger partial charge in [-0.05, 0) is 37.5 Å². The van der Waals surface area contributed by atoms with Crippen LogP contribution in [0.15, 0.2) is 0 Å². The predicted octanol–water partition coefficient (Wildman–Crippen LogP) is 28.6. The van der Waals surface area contributed by atoms with Gasteiger partial charge in [0.2, 0.25) is 0 Å². The maximum atomic E-state index is 13.2. The van der Waals surface area contributed by atoms with Gasteiger partial charge in [-0.3, -0.25) is 37.3 Å². The third-order valence-electron chi connectivity index (χ3n) is 21.7. The molecule has 0 rings (SSSR count). The van der Waals surface area contributed by atoms with Gasteiger partial charge in [0.05, 0.1) is 26.4 Å². The molecule has 0 bridgehead atoms. The zero-order valence-corrected chi connectivity index (χ0v) is 75.1. The standard InChI is InChI=1S/C92H180O17P2/c1-7-9-11-13-15-17-19-21-23-25-27-29-31-33-37-41-45-51-58-64-70-76-91(96)108-87(80-102-89(94)74-68-62-56-50-44-40-36-32-30-28-26-24-22-20-18-16-14-12-10-8-2)82-106-110(98,99)104-78-86(93)79-105-111(100,101)107-83-88(81-103-90(95)75-69-63-57-53-47-49-55-61-67-73-85(5)6)109-92(97)77-71-65-59-52-46-42-38-34-35-39-43-48-54-60-66-72-84(3)4/h84-88,93H,7-83H2,1-6H3,(H,98,99)(H,100,101)/t86-,87-,88-/m1/s1. The van der Waals surface area contributed by atoms with Gasteiger partial charge in [-0.15, -0.1) is 0 Å². The molecule has 0 aromatic rings. The molecule has 0 aromatic heterocycles. The number of carbonyl (C=O) groups excluding carboxylic acids is 4. The van der Waals surface area contributed by atoms with E-state index in [-0.39, 0.29) is 25.7 Å². The summed E-state index contributed by atoms with van der Waals surface area (Å²) in [6, 6.07) is 0. The molecule has 0 spiro atoms. The molecular weight excluding hydrogens is 1440 g/mol. The molecule has 0 saturated carbocycles. The summed E-state index contributed by atoms with van der Waals surface area (Å²) in [5.74, 6) is -0.549. The Morgan fingerprint density at radius 2 is 0.414 bits per heavy atom. The number of unbranched alkanes of at least 4 members (excludes halogenated alkanes) is 61. The molecule has 5 atom stereocenters. The Hall–Kier alpha value is -1.94. The molecule has 3 N–H and O–H groups in total. The van der Waals surface area contributed by atoms with Crippen LogP contribution in [0.3, 0.4) is 0 Å². The Bertz CT molecular complexity index is 2120. The first kappa shape index (κ1) is 109. The average molecular weight is 1620 g/mol. The number of aliphatic hydroxyl groups excluding tert-OH is 1. The summed E-state index contributed by atoms with van der Waals surface area (Å²) in [5.41, 5.74) is 0. The third kappa shape index (κ3) is 85.8. The van der Waals surface area contributed by atoms with Crippen molar-refractivity contribution < 1.29 is 80.2 Å². The lowest BCUT2D eigenvalue weighted by atomic mass is 10.0. The quantitative estimate of drug-likeness (QED) is 0.0222. The molecule has 0 aromatic carbocycles. The van der Waals surface area contributed by atoms with Crippen LogP contribution >= 0.6 is 15.6 Å². The minimum atomic E-state index is -4.97. The van der Waals surface area contributed by atoms with E-state index in [9.17, 15) is 43.2 Å². The highest BCUT2D eigenvalue weighted by Gasteiger charge is 2.31. The Balaban J connectivity index is 5.25. The van der Waals surface area contributed by atoms with Crippen molar-refractivity contribution in [2.24, 2.45) is 11.8 Å². The molecule has 2 unspecified atom stereocenters. The Morgan fingerprint density at radius 1 is 0.243 bits per heavy atom. The Kier molecular flexibility index (Phi) is 81.7. The molecule has 660 valence electrons. The fourth-order valence-corrected chi connectivity index (χ4v) is 16.1. The lowest BCUT2D eigenvalue weighted by molar-refractivity contribution is -0.161. The van der Waals surface area contributed by atoms with E-state index < -0.39 is 97.5 Å². The summed E-state index contributed by atoms with van der Waals surface area (Å²) in [6.45, 7) is 9.72. The summed E-state index contributed by atoms with van der Waals surface area (Å²) in [5, 5.41) is 10.7. The normalized spacial score (nSPS) is 13.7. The number of carbonyl (C=O) groups is 4. The zero-order chi connectivity index (χ0) is 81.3. The smallest absolute Gasteiger partial charge is 0.462 e. The van der Waals surface area contributed by atoms with E-state index in [1.165, 1.54) is 315 Å². The van der Waals surface area contributed by atoms with Gasteiger partial charge < -0.3 is 33.8 Å². The second kappa shape index (κ2) is 83.1. The fourth-order valence-electron chi connectivity index (χ4n) is 14.5. The van der Waals surface area contributed by atoms with Gasteiger partial charge in [-0.1, -0.05) is 446 Å². The number of phosphoric ester groups is 2. The maximum Gasteiger partial charge on any atom is 0.472 e. The number of esters is 4. The first-order valence-corrected chi connectivity index (χ1v) is 50.5. The maximum absolute atomic E-state index is 13.2. The molecule has 0 aliphatic carbocycles. The Morgan fingerprint density at radius 3 is 0.613 bits per heavy atom. The summed E-state index contributed by atoms with van der Waals surface area (Å²) in [6.07, 6.45) is 77.9. The highest BCUT2D eigenvalue weighted by Crippen LogP contribution is 2.45. The molecule has 0 radical (unpaired) electrons. The highest BCUT2D eigenvalue weighted by molar-refractivity contribution is 7.47. The molecule has 0 aliphatic rings. The van der Waals surface area contributed by atoms with Crippen LogP contribution in [0.1, 0.15) is 497 Å². The largest absolute Gasteiger partial charge is 0.472 e. The van der Waals surface area contributed by atoms with E-state index >= 15 is 0 Å². The molecule has 111 heavy (non-hydrogen) atoms. The summed E-state index contributed by atoms with van der Waals surface area (Å²) < 4.78 is 69.1. The van der Waals surface area contributed by atoms with E-state index in [0.29, 0.717) is 25.7 Å². The first-order valence-electron chi connectivity index (χ1n) is 47.5. The third-order valence-corrected chi connectivity index (χ3v) is 23.6. The minimum Gasteiger partial charge on any atom is -0.462 e. The van der Waals surface area contributed by atoms with Gasteiger partial charge in [-0.25, -0.2) is 9.13 Å². The van der Waals surface area contributed by atoms with Gasteiger partial charge in [-0.2, -0.15) is 0 Å². The van der Waals surface area contributed by atoms with Crippen LogP contribution in [0, 0.1) is 11.8 Å². The fraction of sp³-hybridized carbons (Fsp3) is 0.957. The van der Waals surface area contributed by atoms with Crippen molar-refractivity contribution >= 4 is 39.5 Å². The molecule has 0 fully saturated rings. The molecule has 0 heterocycles. The van der Waals surface area contributed by atoms with Crippen LogP contribution in [-0.2, 0) is 65.4 Å². The van der Waals surface area contributed by atoms with Crippen molar-refractivity contribution in [3.05, 3.63) is 0 Å². The van der Waals surface area contributed by atoms with Crippen molar-refractivity contribution in [1.82, 2.24) is 0 Å². The van der Waals surface area contributed by atoms with Crippen LogP contribution in [-0.4, -0.2) is 96.7 Å². The molecule has 0 saturated heterocycles. The second-order valence-corrected chi connectivity index (χ2v) is 36.9. The molecule has 0 aliphatic heterocycles. The van der Waals surface area contributed by atoms with E-state index in [1.54, 1.807) is 0 Å². The van der Waals surface area contributed by atoms with Crippen molar-refractivity contribution in [3.63, 3.8) is 0 Å². The number of phosphoric acid groups is 2. The summed E-state index contributed by atoms with van der Waals surface area (Å²) >= 11 is 0. The van der Waals surface area contributed by atoms with E-state index in [4.69, 9.17) is 37.0 Å². The molecule has 0 amide bonds. The van der Waals surface area contributed by atoms with Gasteiger partial charge in [0.15, 0.2) is 12.2 Å². The van der Waals surface area contributed by atoms with Crippen LogP contribution < -0.4 is 0 Å². The second-order valence-electron chi connectivity index (χ2n) is 34.0. The number of hydrogen-bond acceptors (Lipinski definition) is 15. The van der Waals surface area contributed by atoms with Gasteiger partial charge in [0.1, 0.15) is 19.3 Å². The number of rotatable bonds is 91. The first-order chi connectivity index (χ1) is 53.9. The van der Waals surface area contributed by atoms with Gasteiger partial charge in [0, 0.05) is 25.7 Å². The van der Waals surface area contributed by atoms with E-state index in [1.807, 2.05) is 0 Å². The van der Waals surface area contributed by atoms with E-state index in [2.05, 4.69) is 41.5 Å².